The molecule has 1 atom stereocenters. The number of hydrogen-bond donors (Lipinski definition) is 1. The molecule has 1 aromatic heterocycles. The fourth-order valence-corrected chi connectivity index (χ4v) is 2.67. The highest BCUT2D eigenvalue weighted by Gasteiger charge is 2.19. The topological polar surface area (TPSA) is 36.1 Å². The lowest BCUT2D eigenvalue weighted by Gasteiger charge is -2.26. The molecule has 3 nitrogen and oxygen atoms in total. The number of carbonyl (C=O) groups is 1. The number of rotatable bonds is 4. The van der Waals surface area contributed by atoms with Crippen LogP contribution in [0.4, 0.5) is 0 Å². The van der Waals surface area contributed by atoms with E-state index in [4.69, 9.17) is 0 Å². The summed E-state index contributed by atoms with van der Waals surface area (Å²) < 4.78 is 0. The Morgan fingerprint density at radius 2 is 2.22 bits per heavy atom. The first-order valence-corrected chi connectivity index (χ1v) is 7.23. The molecule has 0 saturated carbocycles. The van der Waals surface area contributed by atoms with Crippen molar-refractivity contribution in [2.24, 2.45) is 0 Å². The lowest BCUT2D eigenvalue weighted by Crippen LogP contribution is -2.37. The van der Waals surface area contributed by atoms with E-state index in [0.29, 0.717) is 5.45 Å². The van der Waals surface area contributed by atoms with Gasteiger partial charge in [-0.25, -0.2) is 0 Å². The number of H-pyrrole nitrogens is 1. The molecule has 1 heterocycles. The standard InChI is InChI=1S/C14H17BrN2O/c1-3-10(2)17(9-15)14(18)12-4-5-13-11(8-12)6-7-16-13/h4-8,10,16H,3,9H2,1-2H3. The van der Waals surface area contributed by atoms with Gasteiger partial charge in [-0.2, -0.15) is 0 Å². The van der Waals surface area contributed by atoms with Crippen LogP contribution in [0.3, 0.4) is 0 Å². The average molecular weight is 309 g/mol. The summed E-state index contributed by atoms with van der Waals surface area (Å²) in [4.78, 5) is 17.4. The fraction of sp³-hybridized carbons (Fsp3) is 0.357. The summed E-state index contributed by atoms with van der Waals surface area (Å²) in [6.07, 6.45) is 2.83. The van der Waals surface area contributed by atoms with Crippen LogP contribution in [0.5, 0.6) is 0 Å². The monoisotopic (exact) mass is 308 g/mol. The molecule has 1 N–H and O–H groups in total. The minimum absolute atomic E-state index is 0.0734. The second-order valence-corrected chi connectivity index (χ2v) is 4.93. The van der Waals surface area contributed by atoms with Crippen molar-refractivity contribution in [2.75, 3.05) is 5.45 Å². The fourth-order valence-electron chi connectivity index (χ4n) is 1.94. The molecule has 2 aromatic rings. The summed E-state index contributed by atoms with van der Waals surface area (Å²) in [5, 5.41) is 1.07. The first-order chi connectivity index (χ1) is 8.67. The molecule has 0 aliphatic carbocycles. The van der Waals surface area contributed by atoms with E-state index in [-0.39, 0.29) is 11.9 Å². The van der Waals surface area contributed by atoms with Gasteiger partial charge in [0.2, 0.25) is 0 Å². The van der Waals surface area contributed by atoms with E-state index in [1.54, 1.807) is 0 Å². The molecule has 0 bridgehead atoms. The van der Waals surface area contributed by atoms with Gasteiger partial charge in [-0.05, 0) is 37.6 Å². The molecule has 0 spiro atoms. The lowest BCUT2D eigenvalue weighted by molar-refractivity contribution is 0.0731. The van der Waals surface area contributed by atoms with Gasteiger partial charge in [0, 0.05) is 28.7 Å². The molecular weight excluding hydrogens is 292 g/mol. The summed E-state index contributed by atoms with van der Waals surface area (Å²) in [5.41, 5.74) is 2.36. The molecule has 0 aliphatic rings. The van der Waals surface area contributed by atoms with Gasteiger partial charge in [0.15, 0.2) is 0 Å². The van der Waals surface area contributed by atoms with Crippen molar-refractivity contribution < 1.29 is 4.79 Å². The third kappa shape index (κ3) is 2.43. The van der Waals surface area contributed by atoms with Gasteiger partial charge >= 0.3 is 0 Å². The van der Waals surface area contributed by atoms with Crippen LogP contribution < -0.4 is 0 Å². The Bertz CT molecular complexity index is 549. The number of hydrogen-bond acceptors (Lipinski definition) is 1. The molecule has 2 rings (SSSR count). The molecule has 1 unspecified atom stereocenters. The van der Waals surface area contributed by atoms with E-state index in [1.165, 1.54) is 0 Å². The van der Waals surface area contributed by atoms with Crippen molar-refractivity contribution in [1.82, 2.24) is 9.88 Å². The van der Waals surface area contributed by atoms with E-state index in [2.05, 4.69) is 34.8 Å². The van der Waals surface area contributed by atoms with Gasteiger partial charge in [-0.3, -0.25) is 4.79 Å². The maximum Gasteiger partial charge on any atom is 0.254 e. The predicted octanol–water partition coefficient (Wildman–Crippen LogP) is 3.76. The predicted molar refractivity (Wildman–Crippen MR) is 78.0 cm³/mol. The van der Waals surface area contributed by atoms with Gasteiger partial charge in [0.25, 0.3) is 5.91 Å². The molecule has 96 valence electrons. The summed E-state index contributed by atoms with van der Waals surface area (Å²) >= 11 is 3.40. The van der Waals surface area contributed by atoms with E-state index in [1.807, 2.05) is 35.4 Å². The Hall–Kier alpha value is -1.29. The largest absolute Gasteiger partial charge is 0.361 e. The number of carbonyl (C=O) groups excluding carboxylic acids is 1. The van der Waals surface area contributed by atoms with Gasteiger partial charge in [0.05, 0.1) is 5.45 Å². The van der Waals surface area contributed by atoms with Gasteiger partial charge in [-0.1, -0.05) is 22.9 Å². The van der Waals surface area contributed by atoms with Crippen LogP contribution in [0, 0.1) is 0 Å². The van der Waals surface area contributed by atoms with E-state index in [0.717, 1.165) is 22.9 Å². The number of alkyl halides is 1. The Labute approximate surface area is 115 Å². The summed E-state index contributed by atoms with van der Waals surface area (Å²) in [7, 11) is 0. The zero-order valence-electron chi connectivity index (χ0n) is 10.6. The second-order valence-electron chi connectivity index (χ2n) is 4.43. The maximum absolute atomic E-state index is 12.4. The van der Waals surface area contributed by atoms with Gasteiger partial charge in [0.1, 0.15) is 0 Å². The normalized spacial score (nSPS) is 12.6. The van der Waals surface area contributed by atoms with Gasteiger partial charge < -0.3 is 9.88 Å². The van der Waals surface area contributed by atoms with Crippen LogP contribution in [-0.2, 0) is 0 Å². The van der Waals surface area contributed by atoms with Crippen molar-refractivity contribution in [3.63, 3.8) is 0 Å². The maximum atomic E-state index is 12.4. The number of benzene rings is 1. The summed E-state index contributed by atoms with van der Waals surface area (Å²) in [5.74, 6) is 0.0734. The number of aromatic amines is 1. The van der Waals surface area contributed by atoms with Crippen molar-refractivity contribution in [3.8, 4) is 0 Å². The van der Waals surface area contributed by atoms with Crippen LogP contribution in [0.25, 0.3) is 10.9 Å². The highest BCUT2D eigenvalue weighted by atomic mass is 79.9. The first-order valence-electron chi connectivity index (χ1n) is 6.11. The Morgan fingerprint density at radius 3 is 2.89 bits per heavy atom. The third-order valence-electron chi connectivity index (χ3n) is 3.31. The number of amides is 1. The summed E-state index contributed by atoms with van der Waals surface area (Å²) in [6, 6.07) is 7.98. The van der Waals surface area contributed by atoms with Crippen LogP contribution in [-0.4, -0.2) is 27.3 Å². The van der Waals surface area contributed by atoms with Crippen LogP contribution in [0.15, 0.2) is 30.5 Å². The third-order valence-corrected chi connectivity index (χ3v) is 3.85. The number of halogens is 1. The summed E-state index contributed by atoms with van der Waals surface area (Å²) in [6.45, 7) is 4.15. The Balaban J connectivity index is 2.31. The lowest BCUT2D eigenvalue weighted by atomic mass is 10.1. The smallest absolute Gasteiger partial charge is 0.254 e. The van der Waals surface area contributed by atoms with Crippen molar-refractivity contribution >= 4 is 32.7 Å². The number of nitrogens with one attached hydrogen (secondary N) is 1. The van der Waals surface area contributed by atoms with E-state index in [9.17, 15) is 4.79 Å². The zero-order chi connectivity index (χ0) is 13.1. The SMILES string of the molecule is CCC(C)N(CBr)C(=O)c1ccc2[nH]ccc2c1. The van der Waals surface area contributed by atoms with Crippen LogP contribution in [0.2, 0.25) is 0 Å². The van der Waals surface area contributed by atoms with Gasteiger partial charge in [-0.15, -0.1) is 0 Å². The minimum Gasteiger partial charge on any atom is -0.361 e. The number of aromatic nitrogens is 1. The zero-order valence-corrected chi connectivity index (χ0v) is 12.2. The van der Waals surface area contributed by atoms with Crippen molar-refractivity contribution in [3.05, 3.63) is 36.0 Å². The molecule has 4 heteroatoms. The first kappa shape index (κ1) is 13.1. The Morgan fingerprint density at radius 1 is 1.44 bits per heavy atom. The molecule has 0 saturated heterocycles. The number of fused-ring (bicyclic) bond motifs is 1. The number of nitrogens with zero attached hydrogens (tertiary/aromatic N) is 1. The molecule has 0 fully saturated rings. The van der Waals surface area contributed by atoms with Crippen molar-refractivity contribution in [2.45, 2.75) is 26.3 Å². The minimum atomic E-state index is 0.0734. The molecule has 1 amide bonds. The molecule has 0 radical (unpaired) electrons. The highest BCUT2D eigenvalue weighted by molar-refractivity contribution is 9.09. The highest BCUT2D eigenvalue weighted by Crippen LogP contribution is 2.18. The molecule has 1 aromatic carbocycles. The van der Waals surface area contributed by atoms with Crippen LogP contribution >= 0.6 is 15.9 Å². The second kappa shape index (κ2) is 5.57. The average Bonchev–Trinajstić information content (AvgIpc) is 2.86. The van der Waals surface area contributed by atoms with E-state index >= 15 is 0 Å². The van der Waals surface area contributed by atoms with Crippen LogP contribution in [0.1, 0.15) is 30.6 Å². The Kier molecular flexibility index (Phi) is 4.07. The quantitative estimate of drug-likeness (QED) is 0.677. The van der Waals surface area contributed by atoms with Crippen molar-refractivity contribution in [1.29, 1.82) is 0 Å². The molecule has 0 aliphatic heterocycles. The molecule has 18 heavy (non-hydrogen) atoms. The van der Waals surface area contributed by atoms with E-state index < -0.39 is 0 Å². The molecular formula is C14H17BrN2O.